The minimum absolute atomic E-state index is 0.110. The zero-order valence-corrected chi connectivity index (χ0v) is 13.4. The molecule has 0 aliphatic rings. The number of benzene rings is 2. The van der Waals surface area contributed by atoms with Gasteiger partial charge in [0.15, 0.2) is 11.9 Å². The molecule has 0 amide bonds. The van der Waals surface area contributed by atoms with Crippen LogP contribution in [0.2, 0.25) is 0 Å². The molecular formula is C19H19N4O+. The average Bonchev–Trinajstić information content (AvgIpc) is 2.95. The number of aromatic nitrogens is 2. The van der Waals surface area contributed by atoms with E-state index in [0.717, 1.165) is 17.0 Å². The van der Waals surface area contributed by atoms with Crippen molar-refractivity contribution in [3.05, 3.63) is 89.5 Å². The molecule has 0 aliphatic carbocycles. The Labute approximate surface area is 140 Å². The summed E-state index contributed by atoms with van der Waals surface area (Å²) in [6.07, 6.45) is 5.31. The lowest BCUT2D eigenvalue weighted by Crippen LogP contribution is -2.29. The average molecular weight is 319 g/mol. The highest BCUT2D eigenvalue weighted by molar-refractivity contribution is 5.79. The Morgan fingerprint density at radius 2 is 1.54 bits per heavy atom. The highest BCUT2D eigenvalue weighted by atomic mass is 16.3. The lowest BCUT2D eigenvalue weighted by atomic mass is 10.2. The number of rotatable bonds is 5. The largest absolute Gasteiger partial charge is 0.388 e. The second-order valence-electron chi connectivity index (χ2n) is 5.29. The first-order chi connectivity index (χ1) is 11.8. The molecular weight excluding hydrogens is 300 g/mol. The molecule has 0 aliphatic heterocycles. The summed E-state index contributed by atoms with van der Waals surface area (Å²) >= 11 is 0. The Balaban J connectivity index is 1.89. The number of nitrogens with zero attached hydrogens (tertiary/aromatic N) is 4. The van der Waals surface area contributed by atoms with Crippen molar-refractivity contribution in [1.82, 2.24) is 4.68 Å². The fourth-order valence-corrected chi connectivity index (χ4v) is 2.31. The molecule has 0 saturated heterocycles. The van der Waals surface area contributed by atoms with Gasteiger partial charge in [-0.2, -0.15) is 0 Å². The van der Waals surface area contributed by atoms with Crippen molar-refractivity contribution in [2.75, 3.05) is 0 Å². The topological polar surface area (TPSA) is 53.8 Å². The molecule has 1 aromatic heterocycles. The molecule has 2 aromatic carbocycles. The Morgan fingerprint density at radius 1 is 0.958 bits per heavy atom. The van der Waals surface area contributed by atoms with Gasteiger partial charge in [0.25, 0.3) is 0 Å². The first kappa shape index (κ1) is 15.8. The maximum absolute atomic E-state index is 9.58. The van der Waals surface area contributed by atoms with Crippen molar-refractivity contribution in [2.45, 2.75) is 13.5 Å². The summed E-state index contributed by atoms with van der Waals surface area (Å²) in [5.74, 6) is 0.804. The van der Waals surface area contributed by atoms with Crippen LogP contribution in [0.4, 0.5) is 0 Å². The van der Waals surface area contributed by atoms with Crippen LogP contribution < -0.4 is 4.68 Å². The molecule has 5 heteroatoms. The van der Waals surface area contributed by atoms with E-state index in [1.54, 1.807) is 28.0 Å². The van der Waals surface area contributed by atoms with Gasteiger partial charge >= 0.3 is 5.82 Å². The van der Waals surface area contributed by atoms with Crippen LogP contribution in [0.5, 0.6) is 0 Å². The third-order valence-corrected chi connectivity index (χ3v) is 3.60. The smallest absolute Gasteiger partial charge is 0.304 e. The second-order valence-corrected chi connectivity index (χ2v) is 5.29. The molecule has 0 unspecified atom stereocenters. The van der Waals surface area contributed by atoms with Gasteiger partial charge in [0.1, 0.15) is 6.61 Å². The summed E-state index contributed by atoms with van der Waals surface area (Å²) in [6.45, 7) is 1.80. The Bertz CT molecular complexity index is 852. The van der Waals surface area contributed by atoms with E-state index < -0.39 is 0 Å². The highest BCUT2D eigenvalue weighted by Crippen LogP contribution is 2.04. The number of aliphatic hydroxyl groups excluding tert-OH is 1. The molecule has 1 heterocycles. The van der Waals surface area contributed by atoms with Crippen LogP contribution in [0, 0.1) is 6.92 Å². The monoisotopic (exact) mass is 319 g/mol. The van der Waals surface area contributed by atoms with Crippen molar-refractivity contribution < 1.29 is 9.78 Å². The van der Waals surface area contributed by atoms with Crippen molar-refractivity contribution in [2.24, 2.45) is 10.2 Å². The van der Waals surface area contributed by atoms with Gasteiger partial charge in [0.2, 0.25) is 0 Å². The first-order valence-electron chi connectivity index (χ1n) is 7.70. The maximum atomic E-state index is 9.58. The zero-order chi connectivity index (χ0) is 16.8. The van der Waals surface area contributed by atoms with E-state index in [9.17, 15) is 5.11 Å². The van der Waals surface area contributed by atoms with Gasteiger partial charge in [0, 0.05) is 6.92 Å². The van der Waals surface area contributed by atoms with Crippen LogP contribution in [0.3, 0.4) is 0 Å². The molecule has 24 heavy (non-hydrogen) atoms. The molecule has 0 fully saturated rings. The van der Waals surface area contributed by atoms with Gasteiger partial charge in [-0.15, -0.1) is 4.68 Å². The van der Waals surface area contributed by atoms with E-state index >= 15 is 0 Å². The molecule has 0 radical (unpaired) electrons. The first-order valence-corrected chi connectivity index (χ1v) is 7.70. The zero-order valence-electron chi connectivity index (χ0n) is 13.4. The second kappa shape index (κ2) is 7.48. The van der Waals surface area contributed by atoms with Crippen LogP contribution in [0.25, 0.3) is 0 Å². The molecule has 1 N–H and O–H groups in total. The molecule has 3 aromatic rings. The molecule has 0 bridgehead atoms. The van der Waals surface area contributed by atoms with E-state index in [4.69, 9.17) is 0 Å². The van der Waals surface area contributed by atoms with Gasteiger partial charge < -0.3 is 5.11 Å². The normalized spacial score (nSPS) is 11.6. The van der Waals surface area contributed by atoms with Crippen molar-refractivity contribution in [1.29, 1.82) is 0 Å². The molecule has 3 rings (SSSR count). The predicted octanol–water partition coefficient (Wildman–Crippen LogP) is 2.34. The van der Waals surface area contributed by atoms with Crippen LogP contribution in [-0.4, -0.2) is 22.2 Å². The number of aliphatic hydroxyl groups is 1. The van der Waals surface area contributed by atoms with Crippen LogP contribution in [-0.2, 0) is 6.61 Å². The van der Waals surface area contributed by atoms with E-state index in [1.165, 1.54) is 0 Å². The molecule has 0 atom stereocenters. The fraction of sp³-hybridized carbons (Fsp3) is 0.105. The van der Waals surface area contributed by atoms with Crippen LogP contribution in [0.1, 0.15) is 22.6 Å². The predicted molar refractivity (Wildman–Crippen MR) is 94.2 cm³/mol. The lowest BCUT2D eigenvalue weighted by Gasteiger charge is -1.93. The quantitative estimate of drug-likeness (QED) is 0.569. The van der Waals surface area contributed by atoms with Crippen molar-refractivity contribution >= 4 is 12.4 Å². The summed E-state index contributed by atoms with van der Waals surface area (Å²) < 4.78 is 3.40. The summed E-state index contributed by atoms with van der Waals surface area (Å²) in [6, 6.07) is 19.7. The SMILES string of the molecule is Cc1n(N=Cc2ccccc2)c(CO)c[n+]1N=Cc1ccccc1. The highest BCUT2D eigenvalue weighted by Gasteiger charge is 2.19. The standard InChI is InChI=1S/C19H19N4O/c1-16-22(20-12-17-8-4-2-5-9-17)14-19(15-24)23(16)21-13-18-10-6-3-7-11-18/h2-14,24H,15H2,1H3/q+1. The molecule has 5 nitrogen and oxygen atoms in total. The minimum atomic E-state index is -0.110. The molecule has 0 saturated carbocycles. The van der Waals surface area contributed by atoms with E-state index in [2.05, 4.69) is 10.2 Å². The Kier molecular flexibility index (Phi) is 4.93. The summed E-state index contributed by atoms with van der Waals surface area (Å²) in [4.78, 5) is 0. The van der Waals surface area contributed by atoms with Gasteiger partial charge in [-0.3, -0.25) is 0 Å². The van der Waals surface area contributed by atoms with E-state index in [1.807, 2.05) is 67.6 Å². The van der Waals surface area contributed by atoms with Crippen LogP contribution in [0.15, 0.2) is 77.1 Å². The summed E-state index contributed by atoms with van der Waals surface area (Å²) in [5, 5.41) is 18.5. The maximum Gasteiger partial charge on any atom is 0.304 e. The number of hydrogen-bond donors (Lipinski definition) is 1. The third-order valence-electron chi connectivity index (χ3n) is 3.60. The minimum Gasteiger partial charge on any atom is -0.388 e. The van der Waals surface area contributed by atoms with E-state index in [-0.39, 0.29) is 6.61 Å². The van der Waals surface area contributed by atoms with Crippen molar-refractivity contribution in [3.8, 4) is 0 Å². The number of hydrogen-bond acceptors (Lipinski definition) is 3. The van der Waals surface area contributed by atoms with Crippen molar-refractivity contribution in [3.63, 3.8) is 0 Å². The van der Waals surface area contributed by atoms with E-state index in [0.29, 0.717) is 5.69 Å². The van der Waals surface area contributed by atoms with Crippen LogP contribution >= 0.6 is 0 Å². The van der Waals surface area contributed by atoms with Gasteiger partial charge in [-0.1, -0.05) is 75.5 Å². The Hall–Kier alpha value is -3.05. The van der Waals surface area contributed by atoms with Gasteiger partial charge in [-0.05, 0) is 11.1 Å². The fourth-order valence-electron chi connectivity index (χ4n) is 2.31. The van der Waals surface area contributed by atoms with Gasteiger partial charge in [-0.25, -0.2) is 0 Å². The Morgan fingerprint density at radius 3 is 2.12 bits per heavy atom. The summed E-state index contributed by atoms with van der Waals surface area (Å²) in [7, 11) is 0. The third kappa shape index (κ3) is 3.64. The van der Waals surface area contributed by atoms with Gasteiger partial charge in [0.05, 0.1) is 12.4 Å². The number of imidazole rings is 1. The lowest BCUT2D eigenvalue weighted by molar-refractivity contribution is -0.684. The molecule has 120 valence electrons. The summed E-state index contributed by atoms with van der Waals surface area (Å²) in [5.41, 5.74) is 2.68. The molecule has 0 spiro atoms.